The Kier molecular flexibility index (Phi) is 4.31. The van der Waals surface area contributed by atoms with Crippen LogP contribution in [0.2, 0.25) is 5.02 Å². The van der Waals surface area contributed by atoms with Gasteiger partial charge in [-0.25, -0.2) is 4.79 Å². The maximum absolute atomic E-state index is 12.4. The van der Waals surface area contributed by atoms with Gasteiger partial charge >= 0.3 is 5.97 Å². The molecule has 0 saturated carbocycles. The summed E-state index contributed by atoms with van der Waals surface area (Å²) in [5.41, 5.74) is 0.830. The van der Waals surface area contributed by atoms with Crippen LogP contribution in [0.15, 0.2) is 17.5 Å². The summed E-state index contributed by atoms with van der Waals surface area (Å²) in [4.78, 5) is 37.4. The van der Waals surface area contributed by atoms with Crippen LogP contribution in [-0.4, -0.2) is 54.7 Å². The molecule has 3 rings (SSSR count). The number of carboxylic acids is 1. The Bertz CT molecular complexity index is 775. The van der Waals surface area contributed by atoms with Crippen LogP contribution in [0.5, 0.6) is 0 Å². The average molecular weight is 371 g/mol. The number of fused-ring (bicyclic) bond motifs is 1. The highest BCUT2D eigenvalue weighted by Gasteiger charge is 2.53. The van der Waals surface area contributed by atoms with Crippen LogP contribution >= 0.6 is 23.4 Å². The Morgan fingerprint density at radius 3 is 2.88 bits per heavy atom. The molecule has 2 N–H and O–H groups in total. The summed E-state index contributed by atoms with van der Waals surface area (Å²) in [6, 6.07) is -0.777. The summed E-state index contributed by atoms with van der Waals surface area (Å²) in [5, 5.41) is 15.7. The first-order valence-electron chi connectivity index (χ1n) is 7.26. The highest BCUT2D eigenvalue weighted by Crippen LogP contribution is 2.40. The molecule has 2 unspecified atom stereocenters. The minimum atomic E-state index is -1.14. The minimum Gasteiger partial charge on any atom is -0.477 e. The van der Waals surface area contributed by atoms with E-state index >= 15 is 0 Å². The number of hydrogen-bond donors (Lipinski definition) is 2. The number of nitrogens with zero attached hydrogens (tertiary/aromatic N) is 3. The number of carboxylic acid groups (broad SMARTS) is 1. The number of carbonyl (C=O) groups excluding carboxylic acids is 2. The van der Waals surface area contributed by atoms with E-state index in [9.17, 15) is 19.5 Å². The average Bonchev–Trinajstić information content (AvgIpc) is 2.92. The molecule has 2 aliphatic heterocycles. The van der Waals surface area contributed by atoms with Crippen molar-refractivity contribution in [3.05, 3.63) is 28.2 Å². The standard InChI is InChI=1S/C14H15ClN4O4S/c1-3-18-10(7(15)4-16-18)11(20)17-8-12(21)19-9(14(22)23)6(2)5-24-13(8)19/h4,8,13H,3,5H2,1-2H3,(H,17,20)(H,22,23). The van der Waals surface area contributed by atoms with Gasteiger partial charge in [0.15, 0.2) is 0 Å². The quantitative estimate of drug-likeness (QED) is 0.764. The lowest BCUT2D eigenvalue weighted by molar-refractivity contribution is -0.148. The molecule has 1 aromatic heterocycles. The van der Waals surface area contributed by atoms with E-state index in [2.05, 4.69) is 10.4 Å². The Balaban J connectivity index is 1.79. The lowest BCUT2D eigenvalue weighted by Gasteiger charge is -2.49. The molecule has 0 radical (unpaired) electrons. The number of aliphatic carboxylic acids is 1. The van der Waals surface area contributed by atoms with Crippen molar-refractivity contribution in [3.8, 4) is 0 Å². The molecular formula is C14H15ClN4O4S. The number of β-lactam (4-membered cyclic amide) rings is 1. The second kappa shape index (κ2) is 6.14. The van der Waals surface area contributed by atoms with Crippen molar-refractivity contribution in [2.45, 2.75) is 31.8 Å². The van der Waals surface area contributed by atoms with Crippen molar-refractivity contribution in [2.75, 3.05) is 5.75 Å². The van der Waals surface area contributed by atoms with Crippen LogP contribution in [0.3, 0.4) is 0 Å². The van der Waals surface area contributed by atoms with Crippen molar-refractivity contribution in [3.63, 3.8) is 0 Å². The first-order valence-corrected chi connectivity index (χ1v) is 8.69. The van der Waals surface area contributed by atoms with Gasteiger partial charge in [-0.2, -0.15) is 5.10 Å². The zero-order chi connectivity index (χ0) is 17.6. The zero-order valence-corrected chi connectivity index (χ0v) is 14.5. The molecule has 24 heavy (non-hydrogen) atoms. The van der Waals surface area contributed by atoms with Gasteiger partial charge in [-0.15, -0.1) is 11.8 Å². The van der Waals surface area contributed by atoms with Crippen molar-refractivity contribution >= 4 is 41.1 Å². The maximum Gasteiger partial charge on any atom is 0.352 e. The van der Waals surface area contributed by atoms with Gasteiger partial charge in [-0.05, 0) is 19.4 Å². The Morgan fingerprint density at radius 2 is 2.25 bits per heavy atom. The molecule has 2 atom stereocenters. The Hall–Kier alpha value is -2.00. The third-order valence-corrected chi connectivity index (χ3v) is 5.66. The van der Waals surface area contributed by atoms with Crippen molar-refractivity contribution in [2.24, 2.45) is 0 Å². The largest absolute Gasteiger partial charge is 0.477 e. The number of carbonyl (C=O) groups is 3. The number of amides is 2. The second-order valence-electron chi connectivity index (χ2n) is 5.45. The normalized spacial score (nSPS) is 23.0. The summed E-state index contributed by atoms with van der Waals surface area (Å²) in [7, 11) is 0. The number of nitrogens with one attached hydrogen (secondary N) is 1. The van der Waals surface area contributed by atoms with Crippen LogP contribution in [0.25, 0.3) is 0 Å². The fraction of sp³-hybridized carbons (Fsp3) is 0.429. The third kappa shape index (κ3) is 2.48. The van der Waals surface area contributed by atoms with Gasteiger partial charge in [0, 0.05) is 12.3 Å². The topological polar surface area (TPSA) is 105 Å². The SMILES string of the molecule is CCn1ncc(Cl)c1C(=O)NC1C(=O)N2C(C(=O)O)=C(C)CSC12. The Labute approximate surface area is 146 Å². The molecular weight excluding hydrogens is 356 g/mol. The molecule has 0 aliphatic carbocycles. The van der Waals surface area contributed by atoms with E-state index in [1.807, 2.05) is 6.92 Å². The van der Waals surface area contributed by atoms with Crippen LogP contribution in [-0.2, 0) is 16.1 Å². The first kappa shape index (κ1) is 16.8. The van der Waals surface area contributed by atoms with Crippen molar-refractivity contribution in [1.29, 1.82) is 0 Å². The number of rotatable bonds is 4. The van der Waals surface area contributed by atoms with Gasteiger partial charge in [-0.3, -0.25) is 19.2 Å². The van der Waals surface area contributed by atoms with Gasteiger partial charge in [0.25, 0.3) is 11.8 Å². The number of thioether (sulfide) groups is 1. The predicted octanol–water partition coefficient (Wildman–Crippen LogP) is 0.928. The van der Waals surface area contributed by atoms with Crippen LogP contribution in [0, 0.1) is 0 Å². The molecule has 1 aromatic rings. The van der Waals surface area contributed by atoms with Gasteiger partial charge < -0.3 is 10.4 Å². The molecule has 0 bridgehead atoms. The summed E-state index contributed by atoms with van der Waals surface area (Å²) in [6.45, 7) is 3.97. The van der Waals surface area contributed by atoms with Crippen molar-refractivity contribution < 1.29 is 19.5 Å². The van der Waals surface area contributed by atoms with E-state index in [1.54, 1.807) is 6.92 Å². The zero-order valence-electron chi connectivity index (χ0n) is 12.9. The van der Waals surface area contributed by atoms with Crippen LogP contribution in [0.1, 0.15) is 24.3 Å². The highest BCUT2D eigenvalue weighted by atomic mass is 35.5. The number of hydrogen-bond acceptors (Lipinski definition) is 5. The molecule has 0 spiro atoms. The van der Waals surface area contributed by atoms with E-state index in [-0.39, 0.29) is 16.4 Å². The number of aromatic nitrogens is 2. The van der Waals surface area contributed by atoms with Crippen LogP contribution < -0.4 is 5.32 Å². The van der Waals surface area contributed by atoms with Gasteiger partial charge in [0.2, 0.25) is 0 Å². The summed E-state index contributed by atoms with van der Waals surface area (Å²) in [6.07, 6.45) is 1.37. The van der Waals surface area contributed by atoms with E-state index < -0.39 is 29.2 Å². The molecule has 1 saturated heterocycles. The first-order chi connectivity index (χ1) is 11.4. The summed E-state index contributed by atoms with van der Waals surface area (Å²) < 4.78 is 1.44. The molecule has 0 aromatic carbocycles. The molecule has 10 heteroatoms. The fourth-order valence-electron chi connectivity index (χ4n) is 2.81. The number of aryl methyl sites for hydroxylation is 1. The van der Waals surface area contributed by atoms with Gasteiger partial charge in [-0.1, -0.05) is 11.6 Å². The second-order valence-corrected chi connectivity index (χ2v) is 6.96. The third-order valence-electron chi connectivity index (χ3n) is 3.96. The van der Waals surface area contributed by atoms with Gasteiger partial charge in [0.05, 0.1) is 11.2 Å². The molecule has 2 amide bonds. The van der Waals surface area contributed by atoms with E-state index in [0.717, 1.165) is 0 Å². The molecule has 128 valence electrons. The molecule has 3 heterocycles. The van der Waals surface area contributed by atoms with Gasteiger partial charge in [0.1, 0.15) is 22.8 Å². The lowest BCUT2D eigenvalue weighted by atomic mass is 10.0. The van der Waals surface area contributed by atoms with Crippen molar-refractivity contribution in [1.82, 2.24) is 20.0 Å². The lowest BCUT2D eigenvalue weighted by Crippen LogP contribution is -2.70. The summed E-state index contributed by atoms with van der Waals surface area (Å²) in [5.74, 6) is -1.57. The van der Waals surface area contributed by atoms with E-state index in [4.69, 9.17) is 11.6 Å². The fourth-order valence-corrected chi connectivity index (χ4v) is 4.33. The number of halogens is 1. The van der Waals surface area contributed by atoms with E-state index in [1.165, 1.54) is 27.5 Å². The van der Waals surface area contributed by atoms with Crippen LogP contribution in [0.4, 0.5) is 0 Å². The highest BCUT2D eigenvalue weighted by molar-refractivity contribution is 8.00. The molecule has 1 fully saturated rings. The van der Waals surface area contributed by atoms with E-state index in [0.29, 0.717) is 17.9 Å². The maximum atomic E-state index is 12.4. The smallest absolute Gasteiger partial charge is 0.352 e. The molecule has 2 aliphatic rings. The monoisotopic (exact) mass is 370 g/mol. The molecule has 8 nitrogen and oxygen atoms in total. The Morgan fingerprint density at radius 1 is 1.54 bits per heavy atom. The minimum absolute atomic E-state index is 0.00545. The predicted molar refractivity (Wildman–Crippen MR) is 87.6 cm³/mol. The summed E-state index contributed by atoms with van der Waals surface area (Å²) >= 11 is 7.41.